The highest BCUT2D eigenvalue weighted by Crippen LogP contribution is 2.39. The van der Waals surface area contributed by atoms with E-state index in [4.69, 9.17) is 4.74 Å². The number of carbonyl (C=O) groups is 2. The third kappa shape index (κ3) is 3.94. The Morgan fingerprint density at radius 1 is 1.03 bits per heavy atom. The van der Waals surface area contributed by atoms with Crippen molar-refractivity contribution in [2.75, 3.05) is 39.4 Å². The van der Waals surface area contributed by atoms with Crippen LogP contribution in [0.1, 0.15) is 17.2 Å². The van der Waals surface area contributed by atoms with Crippen molar-refractivity contribution in [2.45, 2.75) is 6.04 Å². The minimum atomic E-state index is -0.703. The Morgan fingerprint density at radius 3 is 2.37 bits per heavy atom. The highest BCUT2D eigenvalue weighted by atomic mass is 16.5. The predicted octanol–water partition coefficient (Wildman–Crippen LogP) is 0.729. The van der Waals surface area contributed by atoms with E-state index in [2.05, 4.69) is 0 Å². The first kappa shape index (κ1) is 20.1. The Balaban J connectivity index is 1.72. The smallest absolute Gasteiger partial charge is 0.295 e. The number of hydrogen-bond donors (Lipinski definition) is 3. The number of ketones is 1. The van der Waals surface area contributed by atoms with Crippen LogP contribution in [-0.2, 0) is 14.3 Å². The van der Waals surface area contributed by atoms with Crippen LogP contribution >= 0.6 is 0 Å². The van der Waals surface area contributed by atoms with Gasteiger partial charge in [-0.2, -0.15) is 0 Å². The Hall–Kier alpha value is -3.16. The summed E-state index contributed by atoms with van der Waals surface area (Å²) in [6.07, 6.45) is 0. The molecule has 30 heavy (non-hydrogen) atoms. The lowest BCUT2D eigenvalue weighted by molar-refractivity contribution is -0.907. The maximum absolute atomic E-state index is 12.9. The van der Waals surface area contributed by atoms with Crippen LogP contribution < -0.4 is 4.90 Å². The van der Waals surface area contributed by atoms with Gasteiger partial charge in [-0.3, -0.25) is 9.59 Å². The van der Waals surface area contributed by atoms with E-state index < -0.39 is 17.7 Å². The normalized spacial score (nSPS) is 21.9. The van der Waals surface area contributed by atoms with E-state index in [1.807, 2.05) is 6.07 Å². The minimum absolute atomic E-state index is 0.0777. The Morgan fingerprint density at radius 2 is 1.70 bits per heavy atom. The Bertz CT molecular complexity index is 949. The van der Waals surface area contributed by atoms with Gasteiger partial charge in [-0.25, -0.2) is 0 Å². The average Bonchev–Trinajstić information content (AvgIpc) is 3.04. The number of aliphatic hydroxyl groups excluding tert-OH is 1. The van der Waals surface area contributed by atoms with Crippen LogP contribution in [-0.4, -0.2) is 66.2 Å². The van der Waals surface area contributed by atoms with Crippen molar-refractivity contribution in [2.24, 2.45) is 0 Å². The molecule has 156 valence electrons. The van der Waals surface area contributed by atoms with Crippen molar-refractivity contribution in [1.82, 2.24) is 4.90 Å². The van der Waals surface area contributed by atoms with Crippen LogP contribution in [0.15, 0.2) is 60.2 Å². The molecule has 0 radical (unpaired) electrons. The number of aliphatic hydroxyl groups is 1. The van der Waals surface area contributed by atoms with Gasteiger partial charge in [0.15, 0.2) is 0 Å². The molecule has 0 bridgehead atoms. The maximum atomic E-state index is 12.9. The van der Waals surface area contributed by atoms with Gasteiger partial charge in [0.2, 0.25) is 0 Å². The molecule has 2 fully saturated rings. The number of rotatable bonds is 5. The highest BCUT2D eigenvalue weighted by Gasteiger charge is 2.46. The third-order valence-electron chi connectivity index (χ3n) is 5.70. The van der Waals surface area contributed by atoms with Gasteiger partial charge in [-0.15, -0.1) is 0 Å². The summed E-state index contributed by atoms with van der Waals surface area (Å²) < 4.78 is 5.39. The fraction of sp³-hybridized carbons (Fsp3) is 0.304. The standard InChI is InChI=1S/C23H24N2O5/c26-18-8-6-16(7-9-18)20-19(21(27)17-4-2-1-3-5-17)22(28)23(29)25(20)11-10-24-12-14-30-15-13-24/h1-9,20,26-27H,10-15H2/p+1/t20-/m0/s1. The molecule has 2 saturated heterocycles. The number of quaternary nitrogens is 1. The van der Waals surface area contributed by atoms with Crippen LogP contribution in [0.5, 0.6) is 5.75 Å². The third-order valence-corrected chi connectivity index (χ3v) is 5.70. The first-order chi connectivity index (χ1) is 14.6. The number of nitrogens with zero attached hydrogens (tertiary/aromatic N) is 1. The van der Waals surface area contributed by atoms with Gasteiger partial charge in [0.25, 0.3) is 11.7 Å². The number of carbonyl (C=O) groups excluding carboxylic acids is 2. The molecule has 1 atom stereocenters. The summed E-state index contributed by atoms with van der Waals surface area (Å²) in [4.78, 5) is 28.7. The molecule has 2 aliphatic heterocycles. The van der Waals surface area contributed by atoms with Gasteiger partial charge < -0.3 is 24.7 Å². The second kappa shape index (κ2) is 8.69. The van der Waals surface area contributed by atoms with Crippen molar-refractivity contribution < 1.29 is 29.4 Å². The molecule has 2 heterocycles. The monoisotopic (exact) mass is 409 g/mol. The molecule has 0 unspecified atom stereocenters. The lowest BCUT2D eigenvalue weighted by atomic mass is 9.95. The van der Waals surface area contributed by atoms with Gasteiger partial charge in [0.1, 0.15) is 24.6 Å². The van der Waals surface area contributed by atoms with E-state index in [9.17, 15) is 19.8 Å². The topological polar surface area (TPSA) is 91.5 Å². The molecule has 2 aromatic carbocycles. The van der Waals surface area contributed by atoms with Crippen molar-refractivity contribution in [3.8, 4) is 5.75 Å². The molecule has 2 aliphatic rings. The van der Waals surface area contributed by atoms with E-state index in [-0.39, 0.29) is 17.1 Å². The van der Waals surface area contributed by atoms with E-state index in [0.29, 0.717) is 37.4 Å². The molecule has 0 aromatic heterocycles. The fourth-order valence-corrected chi connectivity index (χ4v) is 4.05. The van der Waals surface area contributed by atoms with E-state index >= 15 is 0 Å². The lowest BCUT2D eigenvalue weighted by Gasteiger charge is -2.29. The summed E-state index contributed by atoms with van der Waals surface area (Å²) in [5.74, 6) is -1.39. The number of benzene rings is 2. The minimum Gasteiger partial charge on any atom is -0.508 e. The van der Waals surface area contributed by atoms with Crippen LogP contribution in [0, 0.1) is 0 Å². The fourth-order valence-electron chi connectivity index (χ4n) is 4.05. The van der Waals surface area contributed by atoms with Crippen LogP contribution in [0.4, 0.5) is 0 Å². The van der Waals surface area contributed by atoms with E-state index in [0.717, 1.165) is 13.1 Å². The van der Waals surface area contributed by atoms with Crippen LogP contribution in [0.3, 0.4) is 0 Å². The van der Waals surface area contributed by atoms with Crippen molar-refractivity contribution >= 4 is 17.4 Å². The number of aromatic hydroxyl groups is 1. The van der Waals surface area contributed by atoms with Gasteiger partial charge in [0, 0.05) is 5.56 Å². The number of morpholine rings is 1. The summed E-state index contributed by atoms with van der Waals surface area (Å²) >= 11 is 0. The van der Waals surface area contributed by atoms with Crippen molar-refractivity contribution in [3.05, 3.63) is 71.3 Å². The number of Topliss-reactive ketones (excluding diaryl/α,β-unsaturated/α-hetero) is 1. The summed E-state index contributed by atoms with van der Waals surface area (Å²) in [6.45, 7) is 4.16. The number of phenols is 1. The number of nitrogens with one attached hydrogen (secondary N) is 1. The number of ether oxygens (including phenoxy) is 1. The maximum Gasteiger partial charge on any atom is 0.295 e. The number of amides is 1. The predicted molar refractivity (Wildman–Crippen MR) is 110 cm³/mol. The summed E-state index contributed by atoms with van der Waals surface area (Å²) in [7, 11) is 0. The zero-order chi connectivity index (χ0) is 21.1. The first-order valence-electron chi connectivity index (χ1n) is 10.1. The molecule has 0 saturated carbocycles. The van der Waals surface area contributed by atoms with Crippen LogP contribution in [0.2, 0.25) is 0 Å². The van der Waals surface area contributed by atoms with Gasteiger partial charge in [-0.1, -0.05) is 42.5 Å². The molecule has 7 nitrogen and oxygen atoms in total. The molecule has 7 heteroatoms. The molecule has 0 aliphatic carbocycles. The second-order valence-electron chi connectivity index (χ2n) is 7.56. The van der Waals surface area contributed by atoms with Gasteiger partial charge >= 0.3 is 0 Å². The van der Waals surface area contributed by atoms with Crippen molar-refractivity contribution in [3.63, 3.8) is 0 Å². The SMILES string of the molecule is O=C1C(=O)N(CC[NH+]2CCOCC2)[C@@H](c2ccc(O)cc2)C1=C(O)c1ccccc1. The molecule has 3 N–H and O–H groups in total. The number of likely N-dealkylation sites (tertiary alicyclic amines) is 1. The molecular formula is C23H25N2O5+. The van der Waals surface area contributed by atoms with Gasteiger partial charge in [-0.05, 0) is 17.7 Å². The highest BCUT2D eigenvalue weighted by molar-refractivity contribution is 6.46. The lowest BCUT2D eigenvalue weighted by Crippen LogP contribution is -3.14. The quantitative estimate of drug-likeness (QED) is 0.385. The summed E-state index contributed by atoms with van der Waals surface area (Å²) in [5.41, 5.74) is 1.23. The number of hydrogen-bond acceptors (Lipinski definition) is 5. The first-order valence-corrected chi connectivity index (χ1v) is 10.1. The Kier molecular flexibility index (Phi) is 5.83. The zero-order valence-corrected chi connectivity index (χ0v) is 16.6. The van der Waals surface area contributed by atoms with E-state index in [1.165, 1.54) is 21.9 Å². The largest absolute Gasteiger partial charge is 0.508 e. The molecule has 1 amide bonds. The molecule has 4 rings (SSSR count). The number of phenolic OH excluding ortho intramolecular Hbond substituents is 1. The molecule has 2 aromatic rings. The average molecular weight is 409 g/mol. The Labute approximate surface area is 174 Å². The van der Waals surface area contributed by atoms with Crippen LogP contribution in [0.25, 0.3) is 5.76 Å². The molecular weight excluding hydrogens is 384 g/mol. The zero-order valence-electron chi connectivity index (χ0n) is 16.6. The molecule has 0 spiro atoms. The van der Waals surface area contributed by atoms with Gasteiger partial charge in [0.05, 0.1) is 37.9 Å². The van der Waals surface area contributed by atoms with Crippen molar-refractivity contribution in [1.29, 1.82) is 0 Å². The van der Waals surface area contributed by atoms with E-state index in [1.54, 1.807) is 36.4 Å². The summed E-state index contributed by atoms with van der Waals surface area (Å²) in [6, 6.07) is 14.5. The second-order valence-corrected chi connectivity index (χ2v) is 7.56. The summed E-state index contributed by atoms with van der Waals surface area (Å²) in [5, 5.41) is 20.6.